The molecule has 0 fully saturated rings. The molecule has 0 nitrogen and oxygen atoms in total. The van der Waals surface area contributed by atoms with Crippen LogP contribution in [0.2, 0.25) is 39.3 Å². The summed E-state index contributed by atoms with van der Waals surface area (Å²) in [7, 11) is -2.44. The van der Waals surface area contributed by atoms with E-state index in [1.54, 1.807) is 13.8 Å². The van der Waals surface area contributed by atoms with Gasteiger partial charge in [0.1, 0.15) is 0 Å². The van der Waals surface area contributed by atoms with E-state index in [1.165, 1.54) is 99.8 Å². The number of benzene rings is 4. The van der Waals surface area contributed by atoms with Crippen LogP contribution in [0.15, 0.2) is 97.1 Å². The number of fused-ring (bicyclic) bond motifs is 2. The van der Waals surface area contributed by atoms with E-state index in [4.69, 9.17) is 0 Å². The molecule has 0 atom stereocenters. The molecule has 274 valence electrons. The molecule has 0 spiro atoms. The fourth-order valence-corrected chi connectivity index (χ4v) is 8.47. The number of aryl methyl sites for hydroxylation is 4. The van der Waals surface area contributed by atoms with Crippen molar-refractivity contribution in [3.63, 3.8) is 0 Å². The predicted molar refractivity (Wildman–Crippen MR) is 242 cm³/mol. The van der Waals surface area contributed by atoms with Crippen molar-refractivity contribution in [1.29, 1.82) is 0 Å². The van der Waals surface area contributed by atoms with Crippen LogP contribution in [0.25, 0.3) is 43.8 Å². The van der Waals surface area contributed by atoms with Crippen LogP contribution in [-0.2, 0) is 29.8 Å². The molecule has 0 unspecified atom stereocenters. The van der Waals surface area contributed by atoms with E-state index in [0.717, 1.165) is 6.42 Å². The number of halogens is 2. The van der Waals surface area contributed by atoms with Crippen molar-refractivity contribution >= 4 is 79.8 Å². The van der Waals surface area contributed by atoms with Crippen LogP contribution < -0.4 is 10.4 Å². The number of rotatable bonds is 5. The van der Waals surface area contributed by atoms with Crippen LogP contribution in [0.1, 0.15) is 43.0 Å². The van der Waals surface area contributed by atoms with Crippen molar-refractivity contribution in [2.75, 3.05) is 0 Å². The molecular weight excluding hydrogens is 787 g/mol. The van der Waals surface area contributed by atoms with E-state index in [1.807, 2.05) is 0 Å². The maximum atomic E-state index is 3.25. The summed E-state index contributed by atoms with van der Waals surface area (Å²) in [5, 5.41) is 8.55. The standard InChI is InChI=1S/C21H25Si.C20H23Si.2C2H5.2ClH.Si.Zr/c1-6-16-13-18-11-15(2)12-20(21(18)14-16)17-7-9-19(10-8-17)22(3,4)5;1-14-10-17-11-15(2)13-20(17)19(12-14)16-6-8-18(9-7-16)21(3,4)5;2*1-2;;;;/h7-14H,6H2,1-5H3;6-13H,1-5H3;2*1H2,2H3;2*1H;;/q4*-1;;;;. The van der Waals surface area contributed by atoms with E-state index in [9.17, 15) is 0 Å². The Hall–Kier alpha value is -1.79. The Morgan fingerprint density at radius 1 is 0.549 bits per heavy atom. The van der Waals surface area contributed by atoms with E-state index < -0.39 is 16.1 Å². The normalized spacial score (nSPS) is 10.5. The van der Waals surface area contributed by atoms with Crippen LogP contribution in [0.5, 0.6) is 0 Å². The monoisotopic (exact) mass is 844 g/mol. The summed E-state index contributed by atoms with van der Waals surface area (Å²) in [6.45, 7) is 36.2. The molecule has 0 heterocycles. The molecule has 6 aromatic carbocycles. The molecule has 0 bridgehead atoms. The van der Waals surface area contributed by atoms with Crippen molar-refractivity contribution in [1.82, 2.24) is 0 Å². The first-order valence-electron chi connectivity index (χ1n) is 17.5. The van der Waals surface area contributed by atoms with Gasteiger partial charge in [-0.15, -0.1) is 81.8 Å². The fraction of sp³-hybridized carbons (Fsp3) is 0.289. The summed E-state index contributed by atoms with van der Waals surface area (Å²) in [5.41, 5.74) is 10.8. The first-order chi connectivity index (χ1) is 23.2. The fourth-order valence-electron chi connectivity index (χ4n) is 6.14. The van der Waals surface area contributed by atoms with Gasteiger partial charge in [0.15, 0.2) is 0 Å². The van der Waals surface area contributed by atoms with Gasteiger partial charge in [-0.2, -0.15) is 26.0 Å². The summed E-state index contributed by atoms with van der Waals surface area (Å²) in [4.78, 5) is 0. The van der Waals surface area contributed by atoms with Gasteiger partial charge < -0.3 is 13.8 Å². The molecule has 0 saturated heterocycles. The van der Waals surface area contributed by atoms with Crippen LogP contribution in [-0.4, -0.2) is 23.0 Å². The maximum absolute atomic E-state index is 3.25. The molecule has 0 saturated carbocycles. The zero-order chi connectivity index (χ0) is 37.1. The number of hydrogen-bond acceptors (Lipinski definition) is 0. The Morgan fingerprint density at radius 3 is 1.25 bits per heavy atom. The summed E-state index contributed by atoms with van der Waals surface area (Å²) >= 11 is 1.36. The van der Waals surface area contributed by atoms with Crippen molar-refractivity contribution < 1.29 is 23.3 Å². The first-order valence-corrected chi connectivity index (χ1v) is 28.7. The van der Waals surface area contributed by atoms with Crippen LogP contribution in [0, 0.1) is 34.6 Å². The molecule has 6 rings (SSSR count). The van der Waals surface area contributed by atoms with Gasteiger partial charge in [0, 0.05) is 0 Å². The summed E-state index contributed by atoms with van der Waals surface area (Å²) in [6, 6.07) is 37.0. The molecular formula is C45H60Cl2Si3Zr-4. The third-order valence-corrected chi connectivity index (χ3v) is 12.8. The second kappa shape index (κ2) is 22.4. The van der Waals surface area contributed by atoms with E-state index in [-0.39, 0.29) is 24.8 Å². The first kappa shape index (κ1) is 49.2. The summed E-state index contributed by atoms with van der Waals surface area (Å²) in [5.74, 6) is 0. The molecule has 0 aromatic heterocycles. The number of hydrogen-bond donors (Lipinski definition) is 0. The Balaban J connectivity index is 0.000000828. The molecule has 0 amide bonds. The molecule has 0 aliphatic carbocycles. The van der Waals surface area contributed by atoms with E-state index in [2.05, 4.69) is 185 Å². The molecule has 0 aliphatic heterocycles. The van der Waals surface area contributed by atoms with Gasteiger partial charge in [-0.05, 0) is 31.4 Å². The Bertz CT molecular complexity index is 1900. The Labute approximate surface area is 343 Å². The minimum absolute atomic E-state index is 0. The average molecular weight is 847 g/mol. The van der Waals surface area contributed by atoms with Crippen LogP contribution >= 0.6 is 24.8 Å². The second-order valence-corrected chi connectivity index (χ2v) is 24.7. The van der Waals surface area contributed by atoms with Gasteiger partial charge in [-0.25, -0.2) is 0 Å². The van der Waals surface area contributed by atoms with Gasteiger partial charge >= 0.3 is 30.2 Å². The van der Waals surface area contributed by atoms with Gasteiger partial charge in [-0.3, -0.25) is 0 Å². The van der Waals surface area contributed by atoms with Crippen LogP contribution in [0.3, 0.4) is 0 Å². The molecule has 0 aliphatic rings. The molecule has 51 heavy (non-hydrogen) atoms. The van der Waals surface area contributed by atoms with Gasteiger partial charge in [0.25, 0.3) is 0 Å². The van der Waals surface area contributed by atoms with Gasteiger partial charge in [0.05, 0.1) is 16.1 Å². The Kier molecular flexibility index (Phi) is 21.6. The minimum atomic E-state index is -1.22. The zero-order valence-electron chi connectivity index (χ0n) is 33.2. The Morgan fingerprint density at radius 2 is 0.902 bits per heavy atom. The third-order valence-electron chi connectivity index (χ3n) is 8.67. The van der Waals surface area contributed by atoms with Crippen molar-refractivity contribution in [3.05, 3.63) is 133 Å². The van der Waals surface area contributed by atoms with E-state index >= 15 is 0 Å². The third kappa shape index (κ3) is 13.2. The second-order valence-electron chi connectivity index (χ2n) is 14.5. The van der Waals surface area contributed by atoms with Gasteiger partial charge in [0.2, 0.25) is 0 Å². The summed E-state index contributed by atoms with van der Waals surface area (Å²) < 4.78 is 0. The van der Waals surface area contributed by atoms with Crippen LogP contribution in [0.4, 0.5) is 0 Å². The van der Waals surface area contributed by atoms with Crippen molar-refractivity contribution in [2.24, 2.45) is 0 Å². The summed E-state index contributed by atoms with van der Waals surface area (Å²) in [6.07, 6.45) is 1.10. The van der Waals surface area contributed by atoms with E-state index in [0.29, 0.717) is 0 Å². The topological polar surface area (TPSA) is 0 Å². The molecule has 0 N–H and O–H groups in total. The van der Waals surface area contributed by atoms with Crippen molar-refractivity contribution in [2.45, 2.75) is 87.2 Å². The molecule has 6 heteroatoms. The van der Waals surface area contributed by atoms with Gasteiger partial charge in [-0.1, -0.05) is 146 Å². The van der Waals surface area contributed by atoms with Crippen molar-refractivity contribution in [3.8, 4) is 22.3 Å². The predicted octanol–water partition coefficient (Wildman–Crippen LogP) is 13.2. The zero-order valence-corrected chi connectivity index (χ0v) is 40.3. The molecule has 2 radical (unpaired) electrons. The molecule has 6 aromatic rings. The quantitative estimate of drug-likeness (QED) is 0.120. The SMILES string of the molecule is CCc1cc2c(-c3ccc([Si](C)(C)C)cc3)cc(C)cc2[cH-]1.Cc1cc(-c2ccc([Si](C)(C)C)cc2)c2cc(C)[cH-]c2c1.Cl.Cl.[CH2-]C.[CH2-]C.[Si]=[Zr]. The average Bonchev–Trinajstić information content (AvgIpc) is 3.68.